The quantitative estimate of drug-likeness (QED) is 0.557. The van der Waals surface area contributed by atoms with Gasteiger partial charge in [0.15, 0.2) is 0 Å². The van der Waals surface area contributed by atoms with Crippen molar-refractivity contribution in [3.05, 3.63) is 70.1 Å². The van der Waals surface area contributed by atoms with Crippen molar-refractivity contribution < 1.29 is 14.3 Å². The molecular formula is C24H24ClN3O3S. The van der Waals surface area contributed by atoms with Crippen molar-refractivity contribution >= 4 is 44.8 Å². The summed E-state index contributed by atoms with van der Waals surface area (Å²) < 4.78 is 6.87. The number of halogens is 1. The van der Waals surface area contributed by atoms with E-state index in [-0.39, 0.29) is 24.5 Å². The van der Waals surface area contributed by atoms with Crippen molar-refractivity contribution in [2.75, 3.05) is 13.2 Å². The van der Waals surface area contributed by atoms with Gasteiger partial charge >= 0.3 is 0 Å². The molecule has 0 spiro atoms. The highest BCUT2D eigenvalue weighted by Gasteiger charge is 2.46. The van der Waals surface area contributed by atoms with E-state index in [1.54, 1.807) is 16.2 Å². The first-order valence-electron chi connectivity index (χ1n) is 10.7. The largest absolute Gasteiger partial charge is 0.374 e. The number of nitrogens with zero attached hydrogens (tertiary/aromatic N) is 1. The number of rotatable bonds is 7. The van der Waals surface area contributed by atoms with Crippen LogP contribution in [0.4, 0.5) is 0 Å². The molecule has 1 aromatic heterocycles. The number of hydrogen-bond donors (Lipinski definition) is 2. The van der Waals surface area contributed by atoms with Crippen LogP contribution in [0.5, 0.6) is 0 Å². The number of amides is 2. The summed E-state index contributed by atoms with van der Waals surface area (Å²) in [6, 6.07) is 16.8. The molecule has 8 heteroatoms. The summed E-state index contributed by atoms with van der Waals surface area (Å²) in [7, 11) is 0. The minimum atomic E-state index is -0.641. The minimum Gasteiger partial charge on any atom is -0.374 e. The third-order valence-electron chi connectivity index (χ3n) is 6.05. The van der Waals surface area contributed by atoms with E-state index in [2.05, 4.69) is 16.7 Å². The first-order chi connectivity index (χ1) is 15.6. The maximum atomic E-state index is 13.0. The number of carbonyl (C=O) groups excluding carboxylic acids is 2. The lowest BCUT2D eigenvalue weighted by Crippen LogP contribution is -2.62. The van der Waals surface area contributed by atoms with Crippen LogP contribution in [0.3, 0.4) is 0 Å². The molecule has 2 aromatic carbocycles. The summed E-state index contributed by atoms with van der Waals surface area (Å²) in [6.45, 7) is 1.69. The monoisotopic (exact) mass is 469 g/mol. The highest BCUT2D eigenvalue weighted by Crippen LogP contribution is 2.35. The summed E-state index contributed by atoms with van der Waals surface area (Å²) in [5.74, 6) is -0.186. The van der Waals surface area contributed by atoms with Crippen LogP contribution in [0.1, 0.15) is 16.9 Å². The van der Waals surface area contributed by atoms with Crippen LogP contribution in [0.2, 0.25) is 5.02 Å². The molecular weight excluding hydrogens is 446 g/mol. The first kappa shape index (κ1) is 21.4. The number of fused-ring (bicyclic) bond motifs is 2. The lowest BCUT2D eigenvalue weighted by atomic mass is 10.1. The smallest absolute Gasteiger partial charge is 0.248 e. The zero-order valence-electron chi connectivity index (χ0n) is 17.4. The molecule has 2 fully saturated rings. The van der Waals surface area contributed by atoms with E-state index < -0.39 is 12.1 Å². The molecule has 2 N–H and O–H groups in total. The Bertz CT molecular complexity index is 1140. The van der Waals surface area contributed by atoms with Crippen LogP contribution in [0.15, 0.2) is 54.6 Å². The minimum absolute atomic E-state index is 0.0416. The summed E-state index contributed by atoms with van der Waals surface area (Å²) in [6.07, 6.45) is 0.595. The molecule has 2 amide bonds. The number of benzene rings is 2. The fraction of sp³-hybridized carbons (Fsp3) is 0.333. The molecule has 0 saturated carbocycles. The van der Waals surface area contributed by atoms with Crippen molar-refractivity contribution in [1.29, 1.82) is 0 Å². The normalized spacial score (nSPS) is 22.9. The topological polar surface area (TPSA) is 70.7 Å². The molecule has 3 aromatic rings. The second-order valence-corrected chi connectivity index (χ2v) is 9.73. The van der Waals surface area contributed by atoms with E-state index in [4.69, 9.17) is 16.3 Å². The van der Waals surface area contributed by atoms with Crippen LogP contribution in [-0.4, -0.2) is 48.0 Å². The van der Waals surface area contributed by atoms with E-state index in [0.717, 1.165) is 25.5 Å². The third kappa shape index (κ3) is 4.26. The molecule has 0 radical (unpaired) electrons. The molecule has 0 unspecified atom stereocenters. The molecule has 0 aliphatic carbocycles. The maximum absolute atomic E-state index is 13.0. The predicted molar refractivity (Wildman–Crippen MR) is 126 cm³/mol. The van der Waals surface area contributed by atoms with Gasteiger partial charge in [-0.05, 0) is 18.1 Å². The number of piperazine rings is 1. The summed E-state index contributed by atoms with van der Waals surface area (Å²) in [5.41, 5.74) is 1.03. The Morgan fingerprint density at radius 3 is 2.72 bits per heavy atom. The molecule has 0 bridgehead atoms. The fourth-order valence-corrected chi connectivity index (χ4v) is 5.85. The van der Waals surface area contributed by atoms with E-state index in [1.165, 1.54) is 0 Å². The van der Waals surface area contributed by atoms with Crippen molar-refractivity contribution in [3.8, 4) is 0 Å². The molecule has 2 saturated heterocycles. The van der Waals surface area contributed by atoms with E-state index in [0.29, 0.717) is 26.1 Å². The molecule has 3 heterocycles. The van der Waals surface area contributed by atoms with Crippen LogP contribution in [-0.2, 0) is 27.5 Å². The molecule has 166 valence electrons. The number of carbonyl (C=O) groups is 2. The van der Waals surface area contributed by atoms with Gasteiger partial charge in [-0.3, -0.25) is 9.59 Å². The van der Waals surface area contributed by atoms with Gasteiger partial charge in [-0.25, -0.2) is 0 Å². The second-order valence-electron chi connectivity index (χ2n) is 8.22. The van der Waals surface area contributed by atoms with Gasteiger partial charge in [0.25, 0.3) is 0 Å². The second kappa shape index (κ2) is 9.19. The third-order valence-corrected chi connectivity index (χ3v) is 7.76. The van der Waals surface area contributed by atoms with E-state index in [1.807, 2.05) is 48.5 Å². The van der Waals surface area contributed by atoms with Crippen molar-refractivity contribution in [1.82, 2.24) is 15.5 Å². The summed E-state index contributed by atoms with van der Waals surface area (Å²) in [4.78, 5) is 28.4. The van der Waals surface area contributed by atoms with E-state index >= 15 is 0 Å². The predicted octanol–water partition coefficient (Wildman–Crippen LogP) is 3.33. The van der Waals surface area contributed by atoms with Gasteiger partial charge in [-0.15, -0.1) is 11.3 Å². The zero-order chi connectivity index (χ0) is 22.1. The Labute approximate surface area is 195 Å². The highest BCUT2D eigenvalue weighted by molar-refractivity contribution is 7.19. The Morgan fingerprint density at radius 2 is 1.91 bits per heavy atom. The summed E-state index contributed by atoms with van der Waals surface area (Å²) in [5, 5.41) is 8.18. The van der Waals surface area contributed by atoms with Crippen molar-refractivity contribution in [2.45, 2.75) is 37.7 Å². The van der Waals surface area contributed by atoms with Gasteiger partial charge in [0.1, 0.15) is 12.1 Å². The lowest BCUT2D eigenvalue weighted by molar-refractivity contribution is -0.148. The van der Waals surface area contributed by atoms with Crippen LogP contribution < -0.4 is 10.6 Å². The fourth-order valence-electron chi connectivity index (χ4n) is 4.40. The molecule has 2 aliphatic rings. The van der Waals surface area contributed by atoms with Crippen LogP contribution in [0.25, 0.3) is 10.1 Å². The number of hydrogen-bond acceptors (Lipinski definition) is 5. The zero-order valence-corrected chi connectivity index (χ0v) is 19.0. The SMILES string of the molecule is O=C1N[C@@H](COCc2ccccc2)C(=O)N2C[C@@H](NCc3sc4ccccc4c3Cl)C[C@@H]12. The average Bonchev–Trinajstić information content (AvgIpc) is 3.39. The molecule has 5 rings (SSSR count). The van der Waals surface area contributed by atoms with Crippen molar-refractivity contribution in [2.24, 2.45) is 0 Å². The molecule has 3 atom stereocenters. The first-order valence-corrected chi connectivity index (χ1v) is 11.9. The average molecular weight is 470 g/mol. The van der Waals surface area contributed by atoms with Crippen LogP contribution in [0, 0.1) is 0 Å². The Hall–Kier alpha value is -2.45. The van der Waals surface area contributed by atoms with Gasteiger partial charge in [0, 0.05) is 34.1 Å². The number of ether oxygens (including phenoxy) is 1. The highest BCUT2D eigenvalue weighted by atomic mass is 35.5. The van der Waals surface area contributed by atoms with Gasteiger partial charge in [-0.1, -0.05) is 60.1 Å². The van der Waals surface area contributed by atoms with Gasteiger partial charge < -0.3 is 20.3 Å². The van der Waals surface area contributed by atoms with Gasteiger partial charge in [-0.2, -0.15) is 0 Å². The Morgan fingerprint density at radius 1 is 1.12 bits per heavy atom. The lowest BCUT2D eigenvalue weighted by Gasteiger charge is -2.34. The van der Waals surface area contributed by atoms with Gasteiger partial charge in [0.05, 0.1) is 18.2 Å². The van der Waals surface area contributed by atoms with Gasteiger partial charge in [0.2, 0.25) is 11.8 Å². The number of thiophene rings is 1. The summed E-state index contributed by atoms with van der Waals surface area (Å²) >= 11 is 8.22. The van der Waals surface area contributed by atoms with Crippen molar-refractivity contribution in [3.63, 3.8) is 0 Å². The molecule has 2 aliphatic heterocycles. The standard InChI is InChI=1S/C24H24ClN3O3S/c25-22-17-8-4-5-9-20(17)32-21(22)11-26-16-10-19-23(29)27-18(24(30)28(19)12-16)14-31-13-15-6-2-1-3-7-15/h1-9,16,18-19,26H,10-14H2,(H,27,29)/t16-,18-,19-/m0/s1. The molecule has 6 nitrogen and oxygen atoms in total. The molecule has 32 heavy (non-hydrogen) atoms. The van der Waals surface area contributed by atoms with Crippen LogP contribution >= 0.6 is 22.9 Å². The number of nitrogens with one attached hydrogen (secondary N) is 2. The Kier molecular flexibility index (Phi) is 6.15. The Balaban J connectivity index is 1.17. The maximum Gasteiger partial charge on any atom is 0.248 e. The van der Waals surface area contributed by atoms with E-state index in [9.17, 15) is 9.59 Å².